The van der Waals surface area contributed by atoms with Crippen molar-refractivity contribution >= 4 is 33.3 Å². The first-order chi connectivity index (χ1) is 10.0. The summed E-state index contributed by atoms with van der Waals surface area (Å²) in [7, 11) is -2.17. The predicted octanol–water partition coefficient (Wildman–Crippen LogP) is 0.810. The van der Waals surface area contributed by atoms with Gasteiger partial charge in [0.25, 0.3) is 0 Å². The molecule has 2 saturated carbocycles. The van der Waals surface area contributed by atoms with Crippen molar-refractivity contribution in [3.05, 3.63) is 0 Å². The SMILES string of the molecule is N=C(N)[NH][SnH]([CH]1CCCCC1)[CH]1CCCCC1.OB(O)O. The van der Waals surface area contributed by atoms with Gasteiger partial charge in [-0.3, -0.25) is 0 Å². The van der Waals surface area contributed by atoms with Crippen LogP contribution in [0.3, 0.4) is 0 Å². The maximum Gasteiger partial charge on any atom is 0.631 e. The first-order valence-corrected chi connectivity index (χ1v) is 13.6. The molecule has 21 heavy (non-hydrogen) atoms. The number of nitrogens with one attached hydrogen (secondary N) is 2. The normalized spacial score (nSPS) is 20.6. The van der Waals surface area contributed by atoms with Gasteiger partial charge in [-0.2, -0.15) is 0 Å². The van der Waals surface area contributed by atoms with Crippen LogP contribution in [-0.4, -0.2) is 48.4 Å². The Morgan fingerprint density at radius 2 is 1.24 bits per heavy atom. The van der Waals surface area contributed by atoms with Crippen molar-refractivity contribution in [2.75, 3.05) is 0 Å². The van der Waals surface area contributed by atoms with Gasteiger partial charge in [0.15, 0.2) is 0 Å². The zero-order valence-corrected chi connectivity index (χ0v) is 16.1. The molecule has 0 bridgehead atoms. The molecule has 8 heteroatoms. The van der Waals surface area contributed by atoms with E-state index in [0.29, 0.717) is 0 Å². The Hall–Kier alpha value is 0.0136. The minimum absolute atomic E-state index is 0.266. The third-order valence-corrected chi connectivity index (χ3v) is 16.1. The molecule has 7 N–H and O–H groups in total. The van der Waals surface area contributed by atoms with E-state index >= 15 is 0 Å². The molecule has 2 rings (SSSR count). The molecule has 2 fully saturated rings. The Bertz CT molecular complexity index is 278. The summed E-state index contributed by atoms with van der Waals surface area (Å²) in [5.41, 5.74) is 5.63. The molecule has 0 amide bonds. The molecule has 122 valence electrons. The smallest absolute Gasteiger partial charge is 0.402 e. The van der Waals surface area contributed by atoms with Gasteiger partial charge >= 0.3 is 120 Å². The molecule has 0 heterocycles. The number of rotatable bonds is 3. The van der Waals surface area contributed by atoms with Gasteiger partial charge in [0, 0.05) is 0 Å². The Balaban J connectivity index is 0.000000491. The summed E-state index contributed by atoms with van der Waals surface area (Å²) < 4.78 is 5.43. The van der Waals surface area contributed by atoms with Crippen LogP contribution in [0.1, 0.15) is 64.2 Å². The van der Waals surface area contributed by atoms with E-state index in [0.717, 1.165) is 7.87 Å². The van der Waals surface area contributed by atoms with Crippen LogP contribution in [-0.2, 0) is 0 Å². The third kappa shape index (κ3) is 8.28. The van der Waals surface area contributed by atoms with Crippen molar-refractivity contribution in [2.24, 2.45) is 5.73 Å². The standard InChI is InChI=1S/2C6H11.CH4N3.BH3O3.Sn.H/c2*1-2-4-6-5-3-1;2*2-1(3)4;;/h2*1H,2-6H2;(H4-,2,3,4);2-4H;;/q;;-1;;+1;. The predicted molar refractivity (Wildman–Crippen MR) is 88.3 cm³/mol. The first kappa shape index (κ1) is 19.1. The molecule has 0 unspecified atom stereocenters. The van der Waals surface area contributed by atoms with Gasteiger partial charge in [0.1, 0.15) is 0 Å². The molecule has 0 spiro atoms. The summed E-state index contributed by atoms with van der Waals surface area (Å²) in [6.45, 7) is 0. The maximum absolute atomic E-state index is 7.58. The largest absolute Gasteiger partial charge is 0.631 e. The molecule has 2 aliphatic carbocycles. The van der Waals surface area contributed by atoms with Crippen molar-refractivity contribution in [1.82, 2.24) is 3.54 Å². The van der Waals surface area contributed by atoms with Crippen LogP contribution in [0.2, 0.25) is 7.87 Å². The summed E-state index contributed by atoms with van der Waals surface area (Å²) >= 11 is -1.84. The Morgan fingerprint density at radius 1 is 0.905 bits per heavy atom. The summed E-state index contributed by atoms with van der Waals surface area (Å²) in [6, 6.07) is 0. The van der Waals surface area contributed by atoms with Crippen LogP contribution in [0.4, 0.5) is 0 Å². The van der Waals surface area contributed by atoms with Gasteiger partial charge in [-0.15, -0.1) is 0 Å². The Labute approximate surface area is 135 Å². The summed E-state index contributed by atoms with van der Waals surface area (Å²) in [5, 5.41) is 29.1. The van der Waals surface area contributed by atoms with E-state index in [-0.39, 0.29) is 5.96 Å². The second-order valence-corrected chi connectivity index (χ2v) is 15.4. The summed E-state index contributed by atoms with van der Waals surface area (Å²) in [5.74, 6) is 0.266. The van der Waals surface area contributed by atoms with Gasteiger partial charge in [0.2, 0.25) is 0 Å². The van der Waals surface area contributed by atoms with Crippen LogP contribution in [0.15, 0.2) is 0 Å². The second-order valence-electron chi connectivity index (χ2n) is 6.23. The average Bonchev–Trinajstić information content (AvgIpc) is 2.46. The fraction of sp³-hybridized carbons (Fsp3) is 0.923. The fourth-order valence-corrected chi connectivity index (χ4v) is 15.1. The molecule has 6 nitrogen and oxygen atoms in total. The molecule has 0 atom stereocenters. The van der Waals surface area contributed by atoms with Gasteiger partial charge < -0.3 is 15.1 Å². The van der Waals surface area contributed by atoms with Gasteiger partial charge in [-0.1, -0.05) is 0 Å². The first-order valence-electron chi connectivity index (χ1n) is 8.15. The molecule has 0 radical (unpaired) electrons. The molecular weight excluding hydrogens is 376 g/mol. The molecule has 0 saturated heterocycles. The van der Waals surface area contributed by atoms with E-state index < -0.39 is 27.4 Å². The maximum atomic E-state index is 7.58. The van der Waals surface area contributed by atoms with Crippen molar-refractivity contribution in [3.63, 3.8) is 0 Å². The molecule has 0 aromatic carbocycles. The molecule has 2 aliphatic rings. The Kier molecular flexibility index (Phi) is 9.70. The number of guanidine groups is 1. The fourth-order valence-electron chi connectivity index (χ4n) is 3.79. The van der Waals surface area contributed by atoms with Crippen LogP contribution in [0, 0.1) is 5.41 Å². The quantitative estimate of drug-likeness (QED) is 0.236. The topological polar surface area (TPSA) is 123 Å². The zero-order valence-electron chi connectivity index (χ0n) is 12.8. The van der Waals surface area contributed by atoms with Crippen LogP contribution < -0.4 is 9.27 Å². The summed E-state index contributed by atoms with van der Waals surface area (Å²) in [6.07, 6.45) is 14.3. The van der Waals surface area contributed by atoms with Gasteiger partial charge in [0.05, 0.1) is 0 Å². The van der Waals surface area contributed by atoms with Gasteiger partial charge in [-0.05, 0) is 0 Å². The average molecular weight is 406 g/mol. The van der Waals surface area contributed by atoms with Crippen molar-refractivity contribution < 1.29 is 15.1 Å². The van der Waals surface area contributed by atoms with E-state index in [1.165, 1.54) is 64.2 Å². The number of hydrogen-bond donors (Lipinski definition) is 6. The van der Waals surface area contributed by atoms with Crippen molar-refractivity contribution in [1.29, 1.82) is 5.41 Å². The van der Waals surface area contributed by atoms with E-state index in [1.54, 1.807) is 0 Å². The van der Waals surface area contributed by atoms with Crippen LogP contribution in [0.25, 0.3) is 0 Å². The minimum atomic E-state index is -2.17. The van der Waals surface area contributed by atoms with E-state index in [4.69, 9.17) is 26.2 Å². The van der Waals surface area contributed by atoms with E-state index in [2.05, 4.69) is 3.54 Å². The van der Waals surface area contributed by atoms with Crippen molar-refractivity contribution in [2.45, 2.75) is 72.1 Å². The monoisotopic (exact) mass is 407 g/mol. The van der Waals surface area contributed by atoms with Gasteiger partial charge in [-0.25, -0.2) is 0 Å². The van der Waals surface area contributed by atoms with E-state index in [1.807, 2.05) is 0 Å². The number of hydrogen-bond acceptors (Lipinski definition) is 4. The van der Waals surface area contributed by atoms with Crippen LogP contribution >= 0.6 is 0 Å². The molecule has 0 aromatic rings. The van der Waals surface area contributed by atoms with Crippen molar-refractivity contribution in [3.8, 4) is 0 Å². The van der Waals surface area contributed by atoms with Crippen LogP contribution in [0.5, 0.6) is 0 Å². The second kappa shape index (κ2) is 10.7. The molecule has 0 aliphatic heterocycles. The third-order valence-electron chi connectivity index (χ3n) is 4.64. The van der Waals surface area contributed by atoms with E-state index in [9.17, 15) is 0 Å². The number of nitrogens with two attached hydrogens (primary N) is 1. The summed E-state index contributed by atoms with van der Waals surface area (Å²) in [4.78, 5) is 0. The minimum Gasteiger partial charge on any atom is -0.402 e. The molecular formula is C13H30BN3O3Sn. The molecule has 0 aromatic heterocycles. The zero-order chi connectivity index (χ0) is 15.7. The Morgan fingerprint density at radius 3 is 1.52 bits per heavy atom.